The van der Waals surface area contributed by atoms with Crippen molar-refractivity contribution in [3.63, 3.8) is 0 Å². The Kier molecular flexibility index (Phi) is 6.14. The molecule has 1 saturated heterocycles. The number of halogens is 1. The van der Waals surface area contributed by atoms with Crippen LogP contribution in [0.4, 0.5) is 10.1 Å². The van der Waals surface area contributed by atoms with Crippen LogP contribution in [0.1, 0.15) is 12.5 Å². The fraction of sp³-hybridized carbons (Fsp3) is 0.333. The molecule has 7 nitrogen and oxygen atoms in total. The van der Waals surface area contributed by atoms with E-state index < -0.39 is 17.6 Å². The lowest BCUT2D eigenvalue weighted by molar-refractivity contribution is -0.120. The van der Waals surface area contributed by atoms with Gasteiger partial charge in [-0.2, -0.15) is 0 Å². The molecule has 2 aromatic carbocycles. The van der Waals surface area contributed by atoms with Gasteiger partial charge in [-0.3, -0.25) is 9.59 Å². The van der Waals surface area contributed by atoms with Crippen molar-refractivity contribution in [1.82, 2.24) is 9.80 Å². The Bertz CT molecular complexity index is 1080. The molecule has 2 amide bonds. The van der Waals surface area contributed by atoms with Crippen molar-refractivity contribution in [1.29, 1.82) is 0 Å². The predicted molar refractivity (Wildman–Crippen MR) is 119 cm³/mol. The first-order chi connectivity index (χ1) is 15.5. The first-order valence-electron chi connectivity index (χ1n) is 10.6. The number of likely N-dealkylation sites (N-methyl/N-ethyl adjacent to an activating group) is 1. The van der Waals surface area contributed by atoms with Crippen molar-refractivity contribution < 1.29 is 23.5 Å². The average Bonchev–Trinajstić information content (AvgIpc) is 3.08. The minimum absolute atomic E-state index is 0.0531. The Morgan fingerprint density at radius 2 is 1.59 bits per heavy atom. The van der Waals surface area contributed by atoms with Gasteiger partial charge in [0.15, 0.2) is 11.5 Å². The average molecular weight is 439 g/mol. The van der Waals surface area contributed by atoms with E-state index in [9.17, 15) is 14.0 Å². The molecule has 4 rings (SSSR count). The highest BCUT2D eigenvalue weighted by Crippen LogP contribution is 2.38. The van der Waals surface area contributed by atoms with Gasteiger partial charge in [-0.15, -0.1) is 0 Å². The van der Waals surface area contributed by atoms with Crippen LogP contribution in [-0.4, -0.2) is 68.6 Å². The monoisotopic (exact) mass is 439 g/mol. The highest BCUT2D eigenvalue weighted by atomic mass is 19.1. The lowest BCUT2D eigenvalue weighted by Crippen LogP contribution is -2.47. The quantitative estimate of drug-likeness (QED) is 0.645. The van der Waals surface area contributed by atoms with Crippen LogP contribution >= 0.6 is 0 Å². The number of rotatable bonds is 6. The van der Waals surface area contributed by atoms with Crippen LogP contribution in [0.5, 0.6) is 11.5 Å². The first-order valence-corrected chi connectivity index (χ1v) is 10.6. The number of anilines is 1. The summed E-state index contributed by atoms with van der Waals surface area (Å²) in [5.74, 6) is -0.747. The lowest BCUT2D eigenvalue weighted by atomic mass is 10.0. The fourth-order valence-corrected chi connectivity index (χ4v) is 4.20. The molecule has 8 heteroatoms. The van der Waals surface area contributed by atoms with Crippen molar-refractivity contribution in [2.24, 2.45) is 0 Å². The number of para-hydroxylation sites is 1. The molecule has 0 spiro atoms. The van der Waals surface area contributed by atoms with E-state index in [1.54, 1.807) is 24.3 Å². The Labute approximate surface area is 186 Å². The van der Waals surface area contributed by atoms with Crippen LogP contribution in [0.15, 0.2) is 48.2 Å². The van der Waals surface area contributed by atoms with Crippen molar-refractivity contribution in [3.05, 3.63) is 59.5 Å². The Morgan fingerprint density at radius 3 is 2.22 bits per heavy atom. The number of piperazine rings is 1. The molecule has 0 bridgehead atoms. The Balaban J connectivity index is 1.83. The number of carbonyl (C=O) groups excluding carboxylic acids is 2. The van der Waals surface area contributed by atoms with E-state index in [0.29, 0.717) is 35.8 Å². The third kappa shape index (κ3) is 3.71. The topological polar surface area (TPSA) is 62.3 Å². The molecule has 32 heavy (non-hydrogen) atoms. The highest BCUT2D eigenvalue weighted by molar-refractivity contribution is 6.45. The second kappa shape index (κ2) is 9.00. The summed E-state index contributed by atoms with van der Waals surface area (Å²) in [6, 6.07) is 10.9. The number of carbonyl (C=O) groups is 2. The second-order valence-corrected chi connectivity index (χ2v) is 7.61. The molecular formula is C24H26FN3O4. The molecule has 2 aromatic rings. The van der Waals surface area contributed by atoms with Crippen LogP contribution in [0, 0.1) is 5.82 Å². The molecule has 0 radical (unpaired) electrons. The van der Waals surface area contributed by atoms with Crippen molar-refractivity contribution >= 4 is 23.1 Å². The molecule has 2 aliphatic rings. The zero-order valence-corrected chi connectivity index (χ0v) is 18.4. The van der Waals surface area contributed by atoms with Gasteiger partial charge in [0.05, 0.1) is 25.5 Å². The second-order valence-electron chi connectivity index (χ2n) is 7.61. The van der Waals surface area contributed by atoms with Crippen LogP contribution < -0.4 is 14.4 Å². The van der Waals surface area contributed by atoms with Gasteiger partial charge in [0.1, 0.15) is 11.5 Å². The van der Waals surface area contributed by atoms with Crippen molar-refractivity contribution in [2.75, 3.05) is 51.8 Å². The van der Waals surface area contributed by atoms with Gasteiger partial charge in [0.2, 0.25) is 0 Å². The van der Waals surface area contributed by atoms with E-state index in [1.165, 1.54) is 32.4 Å². The summed E-state index contributed by atoms with van der Waals surface area (Å²) in [4.78, 5) is 32.3. The normalized spacial score (nSPS) is 17.4. The van der Waals surface area contributed by atoms with Crippen LogP contribution in [-0.2, 0) is 9.59 Å². The van der Waals surface area contributed by atoms with Gasteiger partial charge >= 0.3 is 0 Å². The Morgan fingerprint density at radius 1 is 0.906 bits per heavy atom. The number of benzene rings is 2. The standard InChI is InChI=1S/C24H26FN3O4/c1-4-26-11-13-27(14-12-26)22-21(16-9-10-19(31-2)20(15-16)32-3)23(29)28(24(22)30)18-8-6-5-7-17(18)25/h5-10,15H,4,11-14H2,1-3H3. The van der Waals surface area contributed by atoms with E-state index in [4.69, 9.17) is 9.47 Å². The largest absolute Gasteiger partial charge is 0.493 e. The first kappa shape index (κ1) is 21.8. The summed E-state index contributed by atoms with van der Waals surface area (Å²) in [7, 11) is 3.04. The number of hydrogen-bond acceptors (Lipinski definition) is 6. The van der Waals surface area contributed by atoms with Gasteiger partial charge in [-0.25, -0.2) is 9.29 Å². The maximum absolute atomic E-state index is 14.6. The van der Waals surface area contributed by atoms with E-state index in [-0.39, 0.29) is 11.3 Å². The minimum Gasteiger partial charge on any atom is -0.493 e. The van der Waals surface area contributed by atoms with E-state index in [0.717, 1.165) is 24.5 Å². The number of ether oxygens (including phenoxy) is 2. The third-order valence-corrected chi connectivity index (χ3v) is 5.96. The molecule has 0 aromatic heterocycles. The van der Waals surface area contributed by atoms with E-state index in [2.05, 4.69) is 11.8 Å². The van der Waals surface area contributed by atoms with Gasteiger partial charge in [0.25, 0.3) is 11.8 Å². The predicted octanol–water partition coefficient (Wildman–Crippen LogP) is 2.76. The summed E-state index contributed by atoms with van der Waals surface area (Å²) in [6.07, 6.45) is 0. The molecule has 0 unspecified atom stereocenters. The van der Waals surface area contributed by atoms with Crippen LogP contribution in [0.2, 0.25) is 0 Å². The zero-order chi connectivity index (χ0) is 22.8. The van der Waals surface area contributed by atoms with Gasteiger partial charge in [-0.1, -0.05) is 25.1 Å². The summed E-state index contributed by atoms with van der Waals surface area (Å²) >= 11 is 0. The molecule has 2 heterocycles. The fourth-order valence-electron chi connectivity index (χ4n) is 4.20. The molecular weight excluding hydrogens is 413 g/mol. The number of methoxy groups -OCH3 is 2. The van der Waals surface area contributed by atoms with Gasteiger partial charge in [0, 0.05) is 26.2 Å². The third-order valence-electron chi connectivity index (χ3n) is 5.96. The molecule has 0 aliphatic carbocycles. The van der Waals surface area contributed by atoms with Crippen LogP contribution in [0.25, 0.3) is 5.57 Å². The lowest BCUT2D eigenvalue weighted by Gasteiger charge is -2.36. The minimum atomic E-state index is -0.627. The van der Waals surface area contributed by atoms with E-state index in [1.807, 2.05) is 4.90 Å². The van der Waals surface area contributed by atoms with Crippen LogP contribution in [0.3, 0.4) is 0 Å². The molecule has 0 N–H and O–H groups in total. The number of imide groups is 1. The summed E-state index contributed by atoms with van der Waals surface area (Å²) < 4.78 is 25.3. The number of nitrogens with zero attached hydrogens (tertiary/aromatic N) is 3. The summed E-state index contributed by atoms with van der Waals surface area (Å²) in [5, 5.41) is 0. The van der Waals surface area contributed by atoms with Crippen molar-refractivity contribution in [3.8, 4) is 11.5 Å². The highest BCUT2D eigenvalue weighted by Gasteiger charge is 2.44. The number of hydrogen-bond donors (Lipinski definition) is 0. The zero-order valence-electron chi connectivity index (χ0n) is 18.4. The Hall–Kier alpha value is -3.39. The smallest absolute Gasteiger partial charge is 0.282 e. The summed E-state index contributed by atoms with van der Waals surface area (Å²) in [6.45, 7) is 5.77. The molecule has 0 atom stereocenters. The maximum Gasteiger partial charge on any atom is 0.282 e. The van der Waals surface area contributed by atoms with Gasteiger partial charge < -0.3 is 19.3 Å². The molecule has 2 aliphatic heterocycles. The molecule has 0 saturated carbocycles. The molecule has 1 fully saturated rings. The van der Waals surface area contributed by atoms with E-state index >= 15 is 0 Å². The maximum atomic E-state index is 14.6. The number of amides is 2. The summed E-state index contributed by atoms with van der Waals surface area (Å²) in [5.41, 5.74) is 1.00. The molecule has 168 valence electrons. The van der Waals surface area contributed by atoms with Gasteiger partial charge in [-0.05, 0) is 36.4 Å². The van der Waals surface area contributed by atoms with Crippen molar-refractivity contribution in [2.45, 2.75) is 6.92 Å². The SMILES string of the molecule is CCN1CCN(C2=C(c3ccc(OC)c(OC)c3)C(=O)N(c3ccccc3F)C2=O)CC1.